The van der Waals surface area contributed by atoms with Gasteiger partial charge >= 0.3 is 6.18 Å². The SMILES string of the molecule is C=CCOc1c(Cl)cc(/C=N\NC(=O)Cc2csc(Nc3cccc(C(F)(F)F)c3)n2)cc1OC. The molecule has 0 bridgehead atoms. The van der Waals surface area contributed by atoms with Gasteiger partial charge in [0.1, 0.15) is 6.61 Å². The van der Waals surface area contributed by atoms with Gasteiger partial charge in [-0.2, -0.15) is 18.3 Å². The summed E-state index contributed by atoms with van der Waals surface area (Å²) < 4.78 is 49.4. The van der Waals surface area contributed by atoms with Crippen molar-refractivity contribution in [3.63, 3.8) is 0 Å². The summed E-state index contributed by atoms with van der Waals surface area (Å²) in [5.74, 6) is 0.338. The average molecular weight is 525 g/mol. The summed E-state index contributed by atoms with van der Waals surface area (Å²) in [6.07, 6.45) is -1.54. The van der Waals surface area contributed by atoms with Gasteiger partial charge in [-0.25, -0.2) is 10.4 Å². The summed E-state index contributed by atoms with van der Waals surface area (Å²) in [5.41, 5.74) is 2.87. The zero-order valence-corrected chi connectivity index (χ0v) is 19.9. The second-order valence-electron chi connectivity index (χ2n) is 6.95. The molecule has 0 aliphatic carbocycles. The van der Waals surface area contributed by atoms with Crippen LogP contribution >= 0.6 is 22.9 Å². The number of thiazole rings is 1. The van der Waals surface area contributed by atoms with Crippen LogP contribution in [0.3, 0.4) is 0 Å². The van der Waals surface area contributed by atoms with E-state index in [0.29, 0.717) is 32.9 Å². The minimum atomic E-state index is -4.44. The largest absolute Gasteiger partial charge is 0.493 e. The van der Waals surface area contributed by atoms with Crippen molar-refractivity contribution in [3.8, 4) is 11.5 Å². The number of aromatic nitrogens is 1. The minimum Gasteiger partial charge on any atom is -0.493 e. The number of hydrogen-bond donors (Lipinski definition) is 2. The van der Waals surface area contributed by atoms with Crippen molar-refractivity contribution < 1.29 is 27.4 Å². The number of anilines is 2. The molecule has 1 aromatic heterocycles. The van der Waals surface area contributed by atoms with Crippen molar-refractivity contribution in [3.05, 3.63) is 76.3 Å². The number of alkyl halides is 3. The Morgan fingerprint density at radius 3 is 2.83 bits per heavy atom. The molecule has 0 atom stereocenters. The predicted molar refractivity (Wildman–Crippen MR) is 130 cm³/mol. The summed E-state index contributed by atoms with van der Waals surface area (Å²) in [7, 11) is 1.47. The Kier molecular flexibility index (Phi) is 8.72. The summed E-state index contributed by atoms with van der Waals surface area (Å²) >= 11 is 7.40. The Morgan fingerprint density at radius 2 is 2.11 bits per heavy atom. The highest BCUT2D eigenvalue weighted by atomic mass is 35.5. The fourth-order valence-electron chi connectivity index (χ4n) is 2.82. The van der Waals surface area contributed by atoms with Crippen molar-refractivity contribution in [2.24, 2.45) is 5.10 Å². The highest BCUT2D eigenvalue weighted by Crippen LogP contribution is 2.36. The van der Waals surface area contributed by atoms with E-state index >= 15 is 0 Å². The van der Waals surface area contributed by atoms with E-state index < -0.39 is 17.6 Å². The number of benzene rings is 2. The summed E-state index contributed by atoms with van der Waals surface area (Å²) in [4.78, 5) is 16.4. The lowest BCUT2D eigenvalue weighted by Crippen LogP contribution is -2.20. The first-order valence-corrected chi connectivity index (χ1v) is 11.3. The van der Waals surface area contributed by atoms with Crippen LogP contribution in [0.1, 0.15) is 16.8 Å². The van der Waals surface area contributed by atoms with Gasteiger partial charge in [0.2, 0.25) is 5.91 Å². The maximum Gasteiger partial charge on any atom is 0.416 e. The van der Waals surface area contributed by atoms with Gasteiger partial charge in [-0.05, 0) is 35.9 Å². The van der Waals surface area contributed by atoms with Crippen molar-refractivity contribution in [2.45, 2.75) is 12.6 Å². The number of amides is 1. The molecule has 35 heavy (non-hydrogen) atoms. The summed E-state index contributed by atoms with van der Waals surface area (Å²) in [5, 5.41) is 9.02. The van der Waals surface area contributed by atoms with Crippen molar-refractivity contribution in [1.29, 1.82) is 0 Å². The van der Waals surface area contributed by atoms with Crippen LogP contribution in [0.25, 0.3) is 0 Å². The number of rotatable bonds is 10. The molecule has 0 aliphatic rings. The molecule has 0 aliphatic heterocycles. The molecule has 3 rings (SSSR count). The maximum atomic E-state index is 12.9. The molecular weight excluding hydrogens is 505 g/mol. The fourth-order valence-corrected chi connectivity index (χ4v) is 3.83. The van der Waals surface area contributed by atoms with Crippen LogP contribution in [0, 0.1) is 0 Å². The number of nitrogens with zero attached hydrogens (tertiary/aromatic N) is 2. The lowest BCUT2D eigenvalue weighted by Gasteiger charge is -2.11. The van der Waals surface area contributed by atoms with Gasteiger partial charge in [0.15, 0.2) is 16.6 Å². The van der Waals surface area contributed by atoms with Crippen LogP contribution in [0.2, 0.25) is 5.02 Å². The number of hydrazone groups is 1. The minimum absolute atomic E-state index is 0.0729. The third-order valence-electron chi connectivity index (χ3n) is 4.33. The molecule has 3 aromatic rings. The Labute approximate surface area is 208 Å². The van der Waals surface area contributed by atoms with Crippen molar-refractivity contribution in [1.82, 2.24) is 10.4 Å². The van der Waals surface area contributed by atoms with Gasteiger partial charge < -0.3 is 14.8 Å². The Bertz CT molecular complexity index is 1230. The van der Waals surface area contributed by atoms with Crippen LogP contribution in [-0.4, -0.2) is 30.8 Å². The normalized spacial score (nSPS) is 11.3. The highest BCUT2D eigenvalue weighted by molar-refractivity contribution is 7.13. The molecular formula is C23H20ClF3N4O3S. The van der Waals surface area contributed by atoms with Gasteiger partial charge in [0.25, 0.3) is 0 Å². The van der Waals surface area contributed by atoms with E-state index in [2.05, 4.69) is 27.4 Å². The molecule has 0 saturated heterocycles. The van der Waals surface area contributed by atoms with Crippen LogP contribution in [0.15, 0.2) is 59.5 Å². The van der Waals surface area contributed by atoms with Crippen LogP contribution in [0.5, 0.6) is 11.5 Å². The molecule has 0 radical (unpaired) electrons. The van der Waals surface area contributed by atoms with E-state index in [9.17, 15) is 18.0 Å². The third kappa shape index (κ3) is 7.46. The standard InChI is InChI=1S/C23H20ClF3N4O3S/c1-3-7-34-21-18(24)8-14(9-19(21)33-2)12-28-31-20(32)11-17-13-35-22(30-17)29-16-6-4-5-15(10-16)23(25,26)27/h3-6,8-10,12-13H,1,7,11H2,2H3,(H,29,30)(H,31,32)/b28-12-. The number of hydrogen-bond acceptors (Lipinski definition) is 7. The molecule has 0 saturated carbocycles. The molecule has 7 nitrogen and oxygen atoms in total. The second kappa shape index (κ2) is 11.7. The van der Waals surface area contributed by atoms with Crippen LogP contribution in [-0.2, 0) is 17.4 Å². The average Bonchev–Trinajstić information content (AvgIpc) is 3.24. The first-order valence-electron chi connectivity index (χ1n) is 10.0. The van der Waals surface area contributed by atoms with Crippen LogP contribution < -0.4 is 20.2 Å². The predicted octanol–water partition coefficient (Wildman–Crippen LogP) is 5.83. The summed E-state index contributed by atoms with van der Waals surface area (Å²) in [6, 6.07) is 8.02. The quantitative estimate of drug-likeness (QED) is 0.198. The molecule has 1 amide bonds. The number of nitrogens with one attached hydrogen (secondary N) is 2. The van der Waals surface area contributed by atoms with Gasteiger partial charge in [0.05, 0.1) is 36.0 Å². The van der Waals surface area contributed by atoms with Crippen LogP contribution in [0.4, 0.5) is 24.0 Å². The van der Waals surface area contributed by atoms with Gasteiger partial charge in [-0.1, -0.05) is 30.3 Å². The Morgan fingerprint density at radius 1 is 1.31 bits per heavy atom. The maximum absolute atomic E-state index is 12.9. The monoisotopic (exact) mass is 524 g/mol. The zero-order chi connectivity index (χ0) is 25.4. The Balaban J connectivity index is 1.57. The third-order valence-corrected chi connectivity index (χ3v) is 5.42. The first-order chi connectivity index (χ1) is 16.7. The molecule has 12 heteroatoms. The number of halogens is 4. The molecule has 0 fully saturated rings. The number of ether oxygens (including phenoxy) is 2. The lowest BCUT2D eigenvalue weighted by molar-refractivity contribution is -0.137. The Hall–Kier alpha value is -3.57. The molecule has 0 unspecified atom stereocenters. The van der Waals surface area contributed by atoms with E-state index in [0.717, 1.165) is 23.5 Å². The van der Waals surface area contributed by atoms with Gasteiger partial charge in [0, 0.05) is 11.1 Å². The van der Waals surface area contributed by atoms with Gasteiger partial charge in [-0.15, -0.1) is 11.3 Å². The number of carbonyl (C=O) groups is 1. The first kappa shape index (κ1) is 26.0. The second-order valence-corrected chi connectivity index (χ2v) is 8.22. The molecule has 0 spiro atoms. The van der Waals surface area contributed by atoms with E-state index in [1.165, 1.54) is 25.5 Å². The molecule has 2 aromatic carbocycles. The number of carbonyl (C=O) groups excluding carboxylic acids is 1. The molecule has 184 valence electrons. The lowest BCUT2D eigenvalue weighted by atomic mass is 10.2. The van der Waals surface area contributed by atoms with Gasteiger partial charge in [-0.3, -0.25) is 4.79 Å². The van der Waals surface area contributed by atoms with E-state index in [1.807, 2.05) is 0 Å². The number of methoxy groups -OCH3 is 1. The topological polar surface area (TPSA) is 84.8 Å². The fraction of sp³-hybridized carbons (Fsp3) is 0.174. The van der Waals surface area contributed by atoms with Crippen molar-refractivity contribution in [2.75, 3.05) is 19.0 Å². The van der Waals surface area contributed by atoms with Crippen molar-refractivity contribution >= 4 is 45.9 Å². The smallest absolute Gasteiger partial charge is 0.416 e. The molecule has 1 heterocycles. The molecule has 2 N–H and O–H groups in total. The summed E-state index contributed by atoms with van der Waals surface area (Å²) in [6.45, 7) is 3.84. The van der Waals surface area contributed by atoms with E-state index in [1.54, 1.807) is 23.6 Å². The zero-order valence-electron chi connectivity index (χ0n) is 18.4. The highest BCUT2D eigenvalue weighted by Gasteiger charge is 2.30. The van der Waals surface area contributed by atoms with E-state index in [4.69, 9.17) is 21.1 Å². The van der Waals surface area contributed by atoms with E-state index in [-0.39, 0.29) is 18.7 Å².